The van der Waals surface area contributed by atoms with Gasteiger partial charge in [-0.05, 0) is 144 Å². The molecule has 0 aliphatic rings. The molecule has 0 nitrogen and oxygen atoms in total. The molecule has 2 heterocycles. The van der Waals surface area contributed by atoms with E-state index in [9.17, 15) is 26.0 Å². The average Bonchev–Trinajstić information content (AvgIpc) is 1.63. The van der Waals surface area contributed by atoms with Crippen LogP contribution in [-0.4, -0.2) is 0 Å². The van der Waals surface area contributed by atoms with Crippen molar-refractivity contribution in [1.82, 2.24) is 0 Å². The predicted molar refractivity (Wildman–Crippen MR) is 376 cm³/mol. The topological polar surface area (TPSA) is 0 Å². The van der Waals surface area contributed by atoms with Gasteiger partial charge in [0, 0.05) is 45.9 Å². The monoisotopic (exact) mass is 1180 g/mol. The molecule has 400 valence electrons. The summed E-state index contributed by atoms with van der Waals surface area (Å²) in [6.45, 7) is 0. The Balaban J connectivity index is 0.000000191. The molecule has 0 fully saturated rings. The highest BCUT2D eigenvalue weighted by Crippen LogP contribution is 2.49. The summed E-state index contributed by atoms with van der Waals surface area (Å²) < 4.78 is 464. The molecule has 0 N–H and O–H groups in total. The quantitative estimate of drug-likeness (QED) is 0.146. The van der Waals surface area contributed by atoms with E-state index in [4.69, 9.17) is 45.2 Å². The molecule has 86 heavy (non-hydrogen) atoms. The predicted octanol–water partition coefficient (Wildman–Crippen LogP) is 25.0. The molecule has 0 saturated heterocycles. The summed E-state index contributed by atoms with van der Waals surface area (Å²) >= 11 is 1.30. The summed E-state index contributed by atoms with van der Waals surface area (Å²) in [6.07, 6.45) is 0. The maximum Gasteiger partial charge on any atom is 0.0638 e. The van der Waals surface area contributed by atoms with E-state index in [2.05, 4.69) is 0 Å². The highest BCUT2D eigenvalue weighted by molar-refractivity contribution is 7.26. The van der Waals surface area contributed by atoms with Crippen LogP contribution in [0.4, 0.5) is 0 Å². The lowest BCUT2D eigenvalue weighted by Crippen LogP contribution is -1.91. The minimum Gasteiger partial charge on any atom is -0.135 e. The SMILES string of the molecule is [2H]c1c([2H])c(-c2c3c([2H])c([2H])c([2H])c([2H])c3c(-c3c([2H])c([2H])c([2H])c4c3sc3c([2H])c([2H])c([2H])c([2H])c34)c3c([2H])c([2H])c([2H])c([2H])c23)c([2H])c([2H])c1-c1c([2H])c([2H])c([2H])c2c([2H])c([2H])c([2H])c([2H])c12.[2H]c1c([2H])c(-c2c3c([2H])c([2H])c([2H])c([2H])c3c(-c3c([2H])c([2H])c4c([2H])c([2H])c([2H])c([2H])c4c3[2H])c3c([2H])c([2H])c([2H])c([2H])c23)c([2H])c([2H])c1-c1c([2H])c([2H])c([2H])c2c1sc1c([2H])c([2H])c([2H])c([2H])c12. The van der Waals surface area contributed by atoms with Crippen molar-refractivity contribution >= 4 is 128 Å². The van der Waals surface area contributed by atoms with Crippen LogP contribution in [0.1, 0.15) is 71.3 Å². The molecule has 0 spiro atoms. The van der Waals surface area contributed by atoms with Crippen LogP contribution in [0.25, 0.3) is 172 Å². The summed E-state index contributed by atoms with van der Waals surface area (Å²) in [5, 5.41) is -8.62. The molecular formula is C84H52S2. The smallest absolute Gasteiger partial charge is 0.0638 e. The van der Waals surface area contributed by atoms with Crippen LogP contribution in [0, 0.1) is 0 Å². The molecule has 0 amide bonds. The molecule has 18 aromatic rings. The maximum atomic E-state index is 9.56. The molecule has 0 unspecified atom stereocenters. The molecule has 2 heteroatoms. The van der Waals surface area contributed by atoms with E-state index in [1.807, 2.05) is 0 Å². The summed E-state index contributed by atoms with van der Waals surface area (Å²) in [7, 11) is 0. The van der Waals surface area contributed by atoms with E-state index in [0.29, 0.717) is 22.7 Å². The second-order valence-electron chi connectivity index (χ2n) is 18.5. The van der Waals surface area contributed by atoms with Gasteiger partial charge in [-0.3, -0.25) is 0 Å². The van der Waals surface area contributed by atoms with Gasteiger partial charge in [-0.25, -0.2) is 0 Å². The fourth-order valence-electron chi connectivity index (χ4n) is 10.3. The van der Waals surface area contributed by atoms with E-state index in [1.165, 1.54) is 0 Å². The zero-order valence-electron chi connectivity index (χ0n) is 94.8. The van der Waals surface area contributed by atoms with Crippen LogP contribution in [0.15, 0.2) is 314 Å². The summed E-state index contributed by atoms with van der Waals surface area (Å²) in [5.74, 6) is 0. The summed E-state index contributed by atoms with van der Waals surface area (Å²) in [4.78, 5) is 0. The molecule has 2 aromatic heterocycles. The summed E-state index contributed by atoms with van der Waals surface area (Å²) in [6, 6.07) is -44.6. The number of hydrogen-bond acceptors (Lipinski definition) is 2. The van der Waals surface area contributed by atoms with Gasteiger partial charge in [0.15, 0.2) is 0 Å². The number of fused-ring (bicyclic) bond motifs is 12. The van der Waals surface area contributed by atoms with Crippen molar-refractivity contribution in [2.45, 2.75) is 0 Å². The van der Waals surface area contributed by atoms with Crippen LogP contribution < -0.4 is 0 Å². The van der Waals surface area contributed by atoms with Gasteiger partial charge in [0.2, 0.25) is 0 Å². The Kier molecular flexibility index (Phi) is 4.90. The normalized spacial score (nSPS) is 20.2. The lowest BCUT2D eigenvalue weighted by molar-refractivity contribution is 1.63. The second kappa shape index (κ2) is 20.7. The molecule has 18 rings (SSSR count). The first-order chi connectivity index (χ1) is 64.3. The highest BCUT2D eigenvalue weighted by Gasteiger charge is 2.21. The van der Waals surface area contributed by atoms with Crippen molar-refractivity contribution in [3.05, 3.63) is 314 Å². The average molecular weight is 1180 g/mol. The standard InChI is InChI=1S/2C42H26S/c1-2-13-30-27(11-1)12-9-19-31(30)28-23-25-29(26-24-28)40-33-15-3-5-17-35(33)41(36-18-6-4-16-34(36)40)38-21-10-20-37-32-14-7-8-22-39(32)43-42(37)38;1-2-11-30-26-31(25-20-27(30)10-1)41-36-15-5-3-13-34(36)40(35-14-4-6-16-37(35)41)29-23-21-28(22-24-29)32-17-9-18-38-33-12-7-8-19-39(33)43-42(32)38/h2*1-26H/i2*1D,2D,3D,4D,5D,6D,7D,8D,9D,10D,11D,12D,13D,14D,15D,16D,17D,18D,19D,20D,21D,22D,23D,24D,25D,26D. The van der Waals surface area contributed by atoms with Gasteiger partial charge in [-0.2, -0.15) is 0 Å². The van der Waals surface area contributed by atoms with Gasteiger partial charge in [0.05, 0.1) is 71.3 Å². The first kappa shape index (κ1) is 20.4. The van der Waals surface area contributed by atoms with Gasteiger partial charge in [0.25, 0.3) is 0 Å². The number of benzene rings is 16. The Morgan fingerprint density at radius 3 is 1.01 bits per heavy atom. The first-order valence-electron chi connectivity index (χ1n) is 51.3. The molecule has 0 bridgehead atoms. The van der Waals surface area contributed by atoms with Gasteiger partial charge < -0.3 is 0 Å². The molecular weight excluding hydrogens is 1070 g/mol. The lowest BCUT2D eigenvalue weighted by Gasteiger charge is -2.18. The zero-order valence-corrected chi connectivity index (χ0v) is 44.4. The second-order valence-corrected chi connectivity index (χ2v) is 20.6. The van der Waals surface area contributed by atoms with Crippen molar-refractivity contribution < 1.29 is 71.3 Å². The van der Waals surface area contributed by atoms with Gasteiger partial charge >= 0.3 is 0 Å². The van der Waals surface area contributed by atoms with Crippen molar-refractivity contribution in [3.8, 4) is 66.8 Å². The third-order valence-electron chi connectivity index (χ3n) is 13.9. The summed E-state index contributed by atoms with van der Waals surface area (Å²) in [5.41, 5.74) is -8.06. The Hall–Kier alpha value is -10.5. The van der Waals surface area contributed by atoms with Crippen LogP contribution in [0.2, 0.25) is 0 Å². The lowest BCUT2D eigenvalue weighted by atomic mass is 9.85. The third kappa shape index (κ3) is 8.25. The minimum atomic E-state index is -1.06. The van der Waals surface area contributed by atoms with Crippen molar-refractivity contribution in [2.75, 3.05) is 0 Å². The van der Waals surface area contributed by atoms with Crippen molar-refractivity contribution in [1.29, 1.82) is 0 Å². The Labute approximate surface area is 579 Å². The van der Waals surface area contributed by atoms with E-state index in [0.717, 1.165) is 0 Å². The number of hydrogen-bond donors (Lipinski definition) is 0. The van der Waals surface area contributed by atoms with E-state index in [-0.39, 0.29) is 40.3 Å². The molecule has 0 aliphatic carbocycles. The van der Waals surface area contributed by atoms with E-state index < -0.39 is 446 Å². The third-order valence-corrected chi connectivity index (χ3v) is 16.2. The zero-order chi connectivity index (χ0) is 102. The van der Waals surface area contributed by atoms with Crippen molar-refractivity contribution in [3.63, 3.8) is 0 Å². The van der Waals surface area contributed by atoms with Crippen LogP contribution >= 0.6 is 22.7 Å². The fraction of sp³-hybridized carbons (Fsp3) is 0. The molecule has 0 saturated carbocycles. The van der Waals surface area contributed by atoms with Gasteiger partial charge in [0.1, 0.15) is 0 Å². The van der Waals surface area contributed by atoms with Crippen molar-refractivity contribution in [2.24, 2.45) is 0 Å². The van der Waals surface area contributed by atoms with Crippen LogP contribution in [0.5, 0.6) is 0 Å². The van der Waals surface area contributed by atoms with E-state index in [1.54, 1.807) is 0 Å². The van der Waals surface area contributed by atoms with Crippen LogP contribution in [-0.2, 0) is 0 Å². The highest BCUT2D eigenvalue weighted by atomic mass is 32.1. The first-order valence-corrected chi connectivity index (χ1v) is 26.9. The van der Waals surface area contributed by atoms with Gasteiger partial charge in [-0.1, -0.05) is 296 Å². The number of thiophene rings is 2. The molecule has 0 aliphatic heterocycles. The fourth-order valence-corrected chi connectivity index (χ4v) is 12.4. The Bertz CT molecular complexity index is 8730. The molecule has 16 aromatic carbocycles. The van der Waals surface area contributed by atoms with E-state index >= 15 is 0 Å². The van der Waals surface area contributed by atoms with Gasteiger partial charge in [-0.15, -0.1) is 22.7 Å². The van der Waals surface area contributed by atoms with Crippen LogP contribution in [0.3, 0.4) is 0 Å². The molecule has 0 radical (unpaired) electrons. The minimum absolute atomic E-state index is 0.0973. The Morgan fingerprint density at radius 2 is 0.500 bits per heavy atom. The Morgan fingerprint density at radius 1 is 0.186 bits per heavy atom. The molecule has 0 atom stereocenters. The maximum absolute atomic E-state index is 9.56. The largest absolute Gasteiger partial charge is 0.135 e. The number of rotatable bonds is 6.